The van der Waals surface area contributed by atoms with E-state index in [0.717, 1.165) is 19.6 Å². The van der Waals surface area contributed by atoms with Crippen molar-refractivity contribution in [2.45, 2.75) is 31.8 Å². The molecule has 0 spiro atoms. The first kappa shape index (κ1) is 26.0. The fourth-order valence-corrected chi connectivity index (χ4v) is 5.79. The largest absolute Gasteiger partial charge is 0.357 e. The van der Waals surface area contributed by atoms with Gasteiger partial charge in [-0.3, -0.25) is 0 Å². The van der Waals surface area contributed by atoms with Gasteiger partial charge in [-0.2, -0.15) is 4.31 Å². The molecule has 7 nitrogen and oxygen atoms in total. The van der Waals surface area contributed by atoms with Crippen LogP contribution >= 0.6 is 35.3 Å². The molecule has 10 heteroatoms. The van der Waals surface area contributed by atoms with Gasteiger partial charge in [0.1, 0.15) is 0 Å². The summed E-state index contributed by atoms with van der Waals surface area (Å²) in [5, 5.41) is 8.66. The minimum atomic E-state index is -3.53. The second-order valence-electron chi connectivity index (χ2n) is 7.39. The van der Waals surface area contributed by atoms with Gasteiger partial charge in [0.25, 0.3) is 0 Å². The van der Waals surface area contributed by atoms with Gasteiger partial charge in [0, 0.05) is 37.6 Å². The molecule has 31 heavy (non-hydrogen) atoms. The van der Waals surface area contributed by atoms with Crippen LogP contribution in [0.2, 0.25) is 0 Å². The Kier molecular flexibility index (Phi) is 10.2. The van der Waals surface area contributed by atoms with Gasteiger partial charge in [0.15, 0.2) is 5.96 Å². The molecule has 172 valence electrons. The van der Waals surface area contributed by atoms with Crippen LogP contribution in [0.3, 0.4) is 0 Å². The number of thiophene rings is 1. The van der Waals surface area contributed by atoms with Crippen molar-refractivity contribution in [3.05, 3.63) is 51.7 Å². The molecule has 1 aliphatic rings. The number of hydrogen-bond acceptors (Lipinski definition) is 5. The first-order valence-corrected chi connectivity index (χ1v) is 12.6. The minimum Gasteiger partial charge on any atom is -0.357 e. The molecule has 0 unspecified atom stereocenters. The monoisotopic (exact) mass is 577 g/mol. The summed E-state index contributed by atoms with van der Waals surface area (Å²) in [5.74, 6) is 0.678. The van der Waals surface area contributed by atoms with Gasteiger partial charge in [-0.15, -0.1) is 35.3 Å². The predicted molar refractivity (Wildman–Crippen MR) is 139 cm³/mol. The standard InChI is InChI=1S/C21H31N5O2S2.HI/c1-4-22-21(24-16-19-17(2)9-14-29-19)23-15-18-7-5-6-8-20(18)30(27,28)26-12-10-25(3)11-13-26;/h5-9,14H,4,10-13,15-16H2,1-3H3,(H2,22,23,24);1H. The van der Waals surface area contributed by atoms with E-state index in [-0.39, 0.29) is 24.0 Å². The number of piperazine rings is 1. The number of rotatable bonds is 7. The fourth-order valence-electron chi connectivity index (χ4n) is 3.31. The molecule has 0 aliphatic carbocycles. The van der Waals surface area contributed by atoms with E-state index in [1.165, 1.54) is 10.4 Å². The average molecular weight is 578 g/mol. The first-order valence-electron chi connectivity index (χ1n) is 10.2. The van der Waals surface area contributed by atoms with Gasteiger partial charge in [0.2, 0.25) is 10.0 Å². The Morgan fingerprint density at radius 3 is 2.48 bits per heavy atom. The molecular formula is C21H32IN5O2S2. The maximum Gasteiger partial charge on any atom is 0.243 e. The molecule has 2 aromatic rings. The Morgan fingerprint density at radius 1 is 1.13 bits per heavy atom. The predicted octanol–water partition coefficient (Wildman–Crippen LogP) is 2.87. The number of sulfonamides is 1. The molecular weight excluding hydrogens is 545 g/mol. The van der Waals surface area contributed by atoms with Crippen molar-refractivity contribution in [3.63, 3.8) is 0 Å². The third-order valence-corrected chi connectivity index (χ3v) is 8.21. The van der Waals surface area contributed by atoms with Gasteiger partial charge < -0.3 is 15.5 Å². The van der Waals surface area contributed by atoms with Gasteiger partial charge in [0.05, 0.1) is 18.0 Å². The Labute approximate surface area is 207 Å². The summed E-state index contributed by atoms with van der Waals surface area (Å²) in [5.41, 5.74) is 1.97. The van der Waals surface area contributed by atoms with Gasteiger partial charge in [-0.1, -0.05) is 18.2 Å². The van der Waals surface area contributed by atoms with E-state index in [9.17, 15) is 8.42 Å². The van der Waals surface area contributed by atoms with Crippen molar-refractivity contribution in [2.24, 2.45) is 4.99 Å². The summed E-state index contributed by atoms with van der Waals surface area (Å²) >= 11 is 1.71. The van der Waals surface area contributed by atoms with Crippen LogP contribution in [0.4, 0.5) is 0 Å². The summed E-state index contributed by atoms with van der Waals surface area (Å²) in [6, 6.07) is 9.28. The molecule has 0 saturated carbocycles. The lowest BCUT2D eigenvalue weighted by molar-refractivity contribution is 0.222. The lowest BCUT2D eigenvalue weighted by Crippen LogP contribution is -2.47. The highest BCUT2D eigenvalue weighted by Crippen LogP contribution is 2.22. The van der Waals surface area contributed by atoms with E-state index < -0.39 is 10.0 Å². The smallest absolute Gasteiger partial charge is 0.243 e. The fraction of sp³-hybridized carbons (Fsp3) is 0.476. The topological polar surface area (TPSA) is 77.0 Å². The van der Waals surface area contributed by atoms with Crippen molar-refractivity contribution < 1.29 is 8.42 Å². The molecule has 1 aromatic heterocycles. The van der Waals surface area contributed by atoms with Crippen LogP contribution in [-0.2, 0) is 23.1 Å². The minimum absolute atomic E-state index is 0. The van der Waals surface area contributed by atoms with Crippen LogP contribution in [0.1, 0.15) is 22.9 Å². The molecule has 1 saturated heterocycles. The zero-order valence-corrected chi connectivity index (χ0v) is 22.3. The van der Waals surface area contributed by atoms with E-state index >= 15 is 0 Å². The maximum absolute atomic E-state index is 13.2. The zero-order valence-electron chi connectivity index (χ0n) is 18.3. The van der Waals surface area contributed by atoms with Crippen LogP contribution in [0.15, 0.2) is 45.6 Å². The quantitative estimate of drug-likeness (QED) is 0.301. The number of hydrogen-bond donors (Lipinski definition) is 2. The number of nitrogens with zero attached hydrogens (tertiary/aromatic N) is 3. The second-order valence-corrected chi connectivity index (χ2v) is 10.3. The van der Waals surface area contributed by atoms with Crippen molar-refractivity contribution in [1.29, 1.82) is 0 Å². The number of guanidine groups is 1. The highest BCUT2D eigenvalue weighted by molar-refractivity contribution is 14.0. The van der Waals surface area contributed by atoms with Crippen molar-refractivity contribution in [3.8, 4) is 0 Å². The number of halogens is 1. The molecule has 2 N–H and O–H groups in total. The van der Waals surface area contributed by atoms with E-state index in [0.29, 0.717) is 42.6 Å². The van der Waals surface area contributed by atoms with Crippen molar-refractivity contribution >= 4 is 51.3 Å². The Bertz CT molecular complexity index is 970. The van der Waals surface area contributed by atoms with Gasteiger partial charge >= 0.3 is 0 Å². The Balaban J connectivity index is 0.00000341. The van der Waals surface area contributed by atoms with Crippen LogP contribution in [0, 0.1) is 6.92 Å². The molecule has 1 aliphatic heterocycles. The maximum atomic E-state index is 13.2. The lowest BCUT2D eigenvalue weighted by atomic mass is 10.2. The summed E-state index contributed by atoms with van der Waals surface area (Å²) in [4.78, 5) is 8.41. The molecule has 3 rings (SSSR count). The SMILES string of the molecule is CCNC(=NCc1ccccc1S(=O)(=O)N1CCN(C)CC1)NCc1sccc1C.I. The second kappa shape index (κ2) is 12.1. The Hall–Kier alpha value is -1.21. The number of benzene rings is 1. The summed E-state index contributed by atoms with van der Waals surface area (Å²) < 4.78 is 28.0. The number of aryl methyl sites for hydroxylation is 1. The molecule has 0 amide bonds. The molecule has 2 heterocycles. The highest BCUT2D eigenvalue weighted by Gasteiger charge is 2.29. The molecule has 0 atom stereocenters. The molecule has 1 aromatic carbocycles. The van der Waals surface area contributed by atoms with Crippen LogP contribution in [0.5, 0.6) is 0 Å². The van der Waals surface area contributed by atoms with Crippen molar-refractivity contribution in [1.82, 2.24) is 19.8 Å². The van der Waals surface area contributed by atoms with E-state index in [4.69, 9.17) is 0 Å². The number of likely N-dealkylation sites (N-methyl/N-ethyl adjacent to an activating group) is 1. The molecule has 1 fully saturated rings. The van der Waals surface area contributed by atoms with Gasteiger partial charge in [-0.25, -0.2) is 13.4 Å². The Morgan fingerprint density at radius 2 is 1.84 bits per heavy atom. The highest BCUT2D eigenvalue weighted by atomic mass is 127. The summed E-state index contributed by atoms with van der Waals surface area (Å²) in [6.45, 7) is 8.35. The summed E-state index contributed by atoms with van der Waals surface area (Å²) in [6.07, 6.45) is 0. The van der Waals surface area contributed by atoms with Gasteiger partial charge in [-0.05, 0) is 49.5 Å². The van der Waals surface area contributed by atoms with E-state index in [2.05, 4.69) is 38.9 Å². The first-order chi connectivity index (χ1) is 14.4. The van der Waals surface area contributed by atoms with Crippen LogP contribution in [-0.4, -0.2) is 63.4 Å². The third kappa shape index (κ3) is 6.88. The average Bonchev–Trinajstić information content (AvgIpc) is 3.15. The molecule has 0 radical (unpaired) electrons. The zero-order chi connectivity index (χ0) is 21.6. The number of nitrogens with one attached hydrogen (secondary N) is 2. The van der Waals surface area contributed by atoms with Crippen LogP contribution in [0.25, 0.3) is 0 Å². The number of aliphatic imine (C=N–C) groups is 1. The normalized spacial score (nSPS) is 16.0. The molecule has 0 bridgehead atoms. The lowest BCUT2D eigenvalue weighted by Gasteiger charge is -2.32. The van der Waals surface area contributed by atoms with E-state index in [1.54, 1.807) is 27.8 Å². The van der Waals surface area contributed by atoms with Crippen LogP contribution < -0.4 is 10.6 Å². The van der Waals surface area contributed by atoms with E-state index in [1.807, 2.05) is 26.1 Å². The summed E-state index contributed by atoms with van der Waals surface area (Å²) in [7, 11) is -1.52. The third-order valence-electron chi connectivity index (χ3n) is 5.19. The van der Waals surface area contributed by atoms with Crippen molar-refractivity contribution in [2.75, 3.05) is 39.8 Å².